The normalized spacial score (nSPS) is 15.2. The van der Waals surface area contributed by atoms with E-state index in [1.165, 1.54) is 13.2 Å². The number of hydrogen-bond acceptors (Lipinski definition) is 4. The van der Waals surface area contributed by atoms with Crippen molar-refractivity contribution in [3.63, 3.8) is 0 Å². The summed E-state index contributed by atoms with van der Waals surface area (Å²) in [7, 11) is 1.34. The number of benzene rings is 1. The van der Waals surface area contributed by atoms with Gasteiger partial charge in [0.05, 0.1) is 12.7 Å². The van der Waals surface area contributed by atoms with Crippen molar-refractivity contribution in [3.05, 3.63) is 29.8 Å². The highest BCUT2D eigenvalue weighted by atomic mass is 16.5. The fourth-order valence-corrected chi connectivity index (χ4v) is 2.05. The zero-order chi connectivity index (χ0) is 13.8. The van der Waals surface area contributed by atoms with Crippen LogP contribution in [0.4, 0.5) is 4.79 Å². The molecule has 1 N–H and O–H groups in total. The van der Waals surface area contributed by atoms with Crippen LogP contribution in [0.3, 0.4) is 0 Å². The second-order valence-electron chi connectivity index (χ2n) is 4.27. The summed E-state index contributed by atoms with van der Waals surface area (Å²) >= 11 is 0. The van der Waals surface area contributed by atoms with Crippen LogP contribution >= 0.6 is 0 Å². The van der Waals surface area contributed by atoms with Crippen molar-refractivity contribution in [2.75, 3.05) is 33.3 Å². The molecule has 2 rings (SSSR count). The Bertz CT molecular complexity index is 481. The van der Waals surface area contributed by atoms with Crippen molar-refractivity contribution in [2.24, 2.45) is 0 Å². The summed E-state index contributed by atoms with van der Waals surface area (Å²) in [5.41, 5.74) is 0.286. The number of phenolic OH excluding ortho intramolecular Hbond substituents is 1. The Hall–Kier alpha value is -2.24. The number of methoxy groups -OCH3 is 1. The van der Waals surface area contributed by atoms with Crippen LogP contribution in [0.15, 0.2) is 24.3 Å². The van der Waals surface area contributed by atoms with Gasteiger partial charge in [-0.2, -0.15) is 0 Å². The molecule has 2 amide bonds. The lowest BCUT2D eigenvalue weighted by Gasteiger charge is -2.33. The first-order valence-corrected chi connectivity index (χ1v) is 6.03. The average Bonchev–Trinajstić information content (AvgIpc) is 2.46. The number of carbonyl (C=O) groups is 2. The summed E-state index contributed by atoms with van der Waals surface area (Å²) in [5, 5.41) is 9.66. The molecule has 0 saturated carbocycles. The van der Waals surface area contributed by atoms with E-state index in [4.69, 9.17) is 0 Å². The monoisotopic (exact) mass is 264 g/mol. The van der Waals surface area contributed by atoms with Gasteiger partial charge < -0.3 is 19.6 Å². The van der Waals surface area contributed by atoms with Gasteiger partial charge in [0.2, 0.25) is 0 Å². The van der Waals surface area contributed by atoms with Crippen molar-refractivity contribution in [2.45, 2.75) is 0 Å². The number of amides is 2. The third kappa shape index (κ3) is 2.78. The third-order valence-corrected chi connectivity index (χ3v) is 3.13. The molecule has 6 nitrogen and oxygen atoms in total. The van der Waals surface area contributed by atoms with Crippen LogP contribution in [-0.4, -0.2) is 60.2 Å². The number of nitrogens with zero attached hydrogens (tertiary/aromatic N) is 2. The number of ether oxygens (including phenoxy) is 1. The molecule has 0 aromatic heterocycles. The first kappa shape index (κ1) is 13.2. The highest BCUT2D eigenvalue weighted by molar-refractivity contribution is 5.96. The molecule has 0 spiro atoms. The van der Waals surface area contributed by atoms with Crippen LogP contribution in [-0.2, 0) is 4.74 Å². The van der Waals surface area contributed by atoms with E-state index in [2.05, 4.69) is 4.74 Å². The number of carbonyl (C=O) groups excluding carboxylic acids is 2. The summed E-state index contributed by atoms with van der Waals surface area (Å²) in [5.74, 6) is -0.245. The maximum absolute atomic E-state index is 12.2. The van der Waals surface area contributed by atoms with Gasteiger partial charge in [0.25, 0.3) is 5.91 Å². The van der Waals surface area contributed by atoms with Gasteiger partial charge in [-0.1, -0.05) is 12.1 Å². The zero-order valence-electron chi connectivity index (χ0n) is 10.7. The third-order valence-electron chi connectivity index (χ3n) is 3.13. The molecule has 0 aliphatic carbocycles. The van der Waals surface area contributed by atoms with Crippen molar-refractivity contribution in [1.29, 1.82) is 0 Å². The van der Waals surface area contributed by atoms with Gasteiger partial charge in [0, 0.05) is 26.2 Å². The van der Waals surface area contributed by atoms with E-state index in [0.29, 0.717) is 26.2 Å². The molecular weight excluding hydrogens is 248 g/mol. The van der Waals surface area contributed by atoms with Crippen molar-refractivity contribution < 1.29 is 19.4 Å². The number of rotatable bonds is 1. The topological polar surface area (TPSA) is 70.1 Å². The summed E-state index contributed by atoms with van der Waals surface area (Å²) < 4.78 is 4.63. The van der Waals surface area contributed by atoms with Crippen LogP contribution in [0.1, 0.15) is 10.4 Å². The molecule has 0 radical (unpaired) electrons. The van der Waals surface area contributed by atoms with Crippen LogP contribution in [0.5, 0.6) is 5.75 Å². The minimum absolute atomic E-state index is 0.0251. The lowest BCUT2D eigenvalue weighted by Crippen LogP contribution is -2.50. The first-order valence-electron chi connectivity index (χ1n) is 6.03. The van der Waals surface area contributed by atoms with E-state index in [0.717, 1.165) is 0 Å². The highest BCUT2D eigenvalue weighted by Crippen LogP contribution is 2.18. The van der Waals surface area contributed by atoms with Gasteiger partial charge in [-0.3, -0.25) is 4.79 Å². The lowest BCUT2D eigenvalue weighted by molar-refractivity contribution is 0.0597. The Kier molecular flexibility index (Phi) is 3.89. The van der Waals surface area contributed by atoms with Crippen molar-refractivity contribution >= 4 is 12.0 Å². The molecule has 0 unspecified atom stereocenters. The molecule has 1 fully saturated rings. The maximum Gasteiger partial charge on any atom is 0.409 e. The molecule has 1 aromatic carbocycles. The van der Waals surface area contributed by atoms with Gasteiger partial charge in [-0.15, -0.1) is 0 Å². The van der Waals surface area contributed by atoms with Crippen LogP contribution in [0.25, 0.3) is 0 Å². The molecule has 0 bridgehead atoms. The summed E-state index contributed by atoms with van der Waals surface area (Å²) in [4.78, 5) is 26.7. The number of para-hydroxylation sites is 1. The molecule has 1 aliphatic heterocycles. The average molecular weight is 264 g/mol. The van der Waals surface area contributed by atoms with Gasteiger partial charge in [0.15, 0.2) is 0 Å². The predicted molar refractivity (Wildman–Crippen MR) is 68.0 cm³/mol. The van der Waals surface area contributed by atoms with Gasteiger partial charge in [-0.25, -0.2) is 4.79 Å². The smallest absolute Gasteiger partial charge is 0.409 e. The van der Waals surface area contributed by atoms with E-state index in [1.807, 2.05) is 0 Å². The minimum atomic E-state index is -0.380. The lowest BCUT2D eigenvalue weighted by atomic mass is 10.1. The van der Waals surface area contributed by atoms with Crippen molar-refractivity contribution in [3.8, 4) is 5.75 Å². The van der Waals surface area contributed by atoms with Crippen LogP contribution in [0.2, 0.25) is 0 Å². The number of aromatic hydroxyl groups is 1. The Morgan fingerprint density at radius 3 is 2.26 bits per heavy atom. The summed E-state index contributed by atoms with van der Waals surface area (Å²) in [6.45, 7) is 1.74. The van der Waals surface area contributed by atoms with E-state index in [9.17, 15) is 14.7 Å². The second kappa shape index (κ2) is 5.60. The Morgan fingerprint density at radius 1 is 1.11 bits per heavy atom. The molecule has 1 saturated heterocycles. The van der Waals surface area contributed by atoms with Crippen LogP contribution < -0.4 is 0 Å². The van der Waals surface area contributed by atoms with Crippen LogP contribution in [0, 0.1) is 0 Å². The van der Waals surface area contributed by atoms with Crippen molar-refractivity contribution in [1.82, 2.24) is 9.80 Å². The number of phenols is 1. The fraction of sp³-hybridized carbons (Fsp3) is 0.385. The molecule has 1 aromatic rings. The highest BCUT2D eigenvalue weighted by Gasteiger charge is 2.26. The minimum Gasteiger partial charge on any atom is -0.507 e. The number of hydrogen-bond donors (Lipinski definition) is 1. The zero-order valence-corrected chi connectivity index (χ0v) is 10.7. The summed E-state index contributed by atoms with van der Waals surface area (Å²) in [6, 6.07) is 6.45. The predicted octanol–water partition coefficient (Wildman–Crippen LogP) is 0.916. The molecule has 0 atom stereocenters. The van der Waals surface area contributed by atoms with E-state index < -0.39 is 0 Å². The first-order chi connectivity index (χ1) is 9.13. The SMILES string of the molecule is COC(=O)N1CCN(C(=O)c2ccccc2O)CC1. The van der Waals surface area contributed by atoms with E-state index >= 15 is 0 Å². The van der Waals surface area contributed by atoms with E-state index in [-0.39, 0.29) is 23.3 Å². The molecule has 102 valence electrons. The van der Waals surface area contributed by atoms with Gasteiger partial charge in [0.1, 0.15) is 5.75 Å². The Labute approximate surface area is 111 Å². The van der Waals surface area contributed by atoms with Gasteiger partial charge in [-0.05, 0) is 12.1 Å². The number of piperazine rings is 1. The second-order valence-corrected chi connectivity index (χ2v) is 4.27. The Balaban J connectivity index is 2.00. The quantitative estimate of drug-likeness (QED) is 0.818. The molecular formula is C13H16N2O4. The van der Waals surface area contributed by atoms with E-state index in [1.54, 1.807) is 28.0 Å². The van der Waals surface area contributed by atoms with Gasteiger partial charge >= 0.3 is 6.09 Å². The summed E-state index contributed by atoms with van der Waals surface area (Å²) in [6.07, 6.45) is -0.380. The molecule has 19 heavy (non-hydrogen) atoms. The fourth-order valence-electron chi connectivity index (χ4n) is 2.05. The molecule has 6 heteroatoms. The largest absolute Gasteiger partial charge is 0.507 e. The molecule has 1 aliphatic rings. The standard InChI is InChI=1S/C13H16N2O4/c1-19-13(18)15-8-6-14(7-9-15)12(17)10-4-2-3-5-11(10)16/h2-5,16H,6-9H2,1H3. The maximum atomic E-state index is 12.2. The Morgan fingerprint density at radius 2 is 1.68 bits per heavy atom. The molecule has 1 heterocycles.